The number of carbonyl (C=O) groups excluding carboxylic acids is 1. The fraction of sp³-hybridized carbons (Fsp3) is 0.500. The summed E-state index contributed by atoms with van der Waals surface area (Å²) in [4.78, 5) is 19.5. The van der Waals surface area contributed by atoms with Gasteiger partial charge in [0.1, 0.15) is 5.82 Å². The monoisotopic (exact) mass is 329 g/mol. The number of allylic oxidation sites excluding steroid dienone is 4. The SMILES string of the molecule is CN1CCN(CC(=O)N(C2=CC=CC(N)N2)C2C=CC=CC2)CC1. The lowest BCUT2D eigenvalue weighted by Gasteiger charge is -2.37. The van der Waals surface area contributed by atoms with Gasteiger partial charge >= 0.3 is 0 Å². The van der Waals surface area contributed by atoms with E-state index >= 15 is 0 Å². The van der Waals surface area contributed by atoms with Crippen LogP contribution in [0, 0.1) is 0 Å². The molecule has 0 radical (unpaired) electrons. The third-order valence-electron chi connectivity index (χ3n) is 4.66. The quantitative estimate of drug-likeness (QED) is 0.773. The Morgan fingerprint density at radius 2 is 2.04 bits per heavy atom. The van der Waals surface area contributed by atoms with Gasteiger partial charge in [-0.15, -0.1) is 0 Å². The molecule has 1 saturated heterocycles. The summed E-state index contributed by atoms with van der Waals surface area (Å²) < 4.78 is 0. The second-order valence-electron chi connectivity index (χ2n) is 6.57. The van der Waals surface area contributed by atoms with Gasteiger partial charge in [-0.2, -0.15) is 0 Å². The number of piperazine rings is 1. The van der Waals surface area contributed by atoms with Crippen LogP contribution in [0.2, 0.25) is 0 Å². The Morgan fingerprint density at radius 1 is 1.25 bits per heavy atom. The minimum Gasteiger partial charge on any atom is -0.353 e. The van der Waals surface area contributed by atoms with E-state index < -0.39 is 0 Å². The van der Waals surface area contributed by atoms with Crippen molar-refractivity contribution in [1.82, 2.24) is 20.0 Å². The molecular weight excluding hydrogens is 302 g/mol. The molecule has 1 fully saturated rings. The van der Waals surface area contributed by atoms with Crippen molar-refractivity contribution in [3.8, 4) is 0 Å². The number of dihydropyridines is 1. The molecule has 2 aliphatic heterocycles. The lowest BCUT2D eigenvalue weighted by Crippen LogP contribution is -2.53. The average Bonchev–Trinajstić information content (AvgIpc) is 2.58. The number of nitrogens with one attached hydrogen (secondary N) is 1. The van der Waals surface area contributed by atoms with Gasteiger partial charge in [0.2, 0.25) is 5.91 Å². The maximum absolute atomic E-state index is 13.1. The molecule has 2 atom stereocenters. The molecule has 3 N–H and O–H groups in total. The van der Waals surface area contributed by atoms with E-state index in [1.54, 1.807) is 0 Å². The Kier molecular flexibility index (Phi) is 5.50. The average molecular weight is 329 g/mol. The predicted molar refractivity (Wildman–Crippen MR) is 95.8 cm³/mol. The molecule has 2 unspecified atom stereocenters. The van der Waals surface area contributed by atoms with Crippen molar-refractivity contribution in [1.29, 1.82) is 0 Å². The number of nitrogens with two attached hydrogens (primary N) is 1. The van der Waals surface area contributed by atoms with E-state index in [9.17, 15) is 4.79 Å². The van der Waals surface area contributed by atoms with Crippen LogP contribution in [0.5, 0.6) is 0 Å². The van der Waals surface area contributed by atoms with E-state index in [-0.39, 0.29) is 18.1 Å². The standard InChI is InChI=1S/C18H27N5O/c1-21-10-12-22(13-11-21)14-18(24)23(15-6-3-2-4-7-15)17-9-5-8-16(19)20-17/h2-6,8-9,15-16,20H,7,10-14,19H2,1H3. The minimum atomic E-state index is -0.257. The van der Waals surface area contributed by atoms with E-state index in [1.807, 2.05) is 35.3 Å². The minimum absolute atomic E-state index is 0.0346. The zero-order valence-corrected chi connectivity index (χ0v) is 14.3. The number of hydrogen-bond acceptors (Lipinski definition) is 5. The number of carbonyl (C=O) groups is 1. The molecule has 0 aromatic rings. The molecule has 1 aliphatic carbocycles. The lowest BCUT2D eigenvalue weighted by molar-refractivity contribution is -0.132. The van der Waals surface area contributed by atoms with Gasteiger partial charge in [0.15, 0.2) is 0 Å². The fourth-order valence-corrected chi connectivity index (χ4v) is 3.21. The highest BCUT2D eigenvalue weighted by Gasteiger charge is 2.28. The summed E-state index contributed by atoms with van der Waals surface area (Å²) in [7, 11) is 2.12. The number of likely N-dealkylation sites (N-methyl/N-ethyl adjacent to an activating group) is 1. The zero-order valence-electron chi connectivity index (χ0n) is 14.3. The van der Waals surface area contributed by atoms with Crippen LogP contribution in [0.15, 0.2) is 48.4 Å². The van der Waals surface area contributed by atoms with E-state index in [1.165, 1.54) is 0 Å². The first-order valence-electron chi connectivity index (χ1n) is 8.60. The van der Waals surface area contributed by atoms with Crippen LogP contribution in [-0.2, 0) is 4.79 Å². The highest BCUT2D eigenvalue weighted by molar-refractivity contribution is 5.81. The van der Waals surface area contributed by atoms with Gasteiger partial charge in [-0.05, 0) is 25.6 Å². The normalized spacial score (nSPS) is 27.7. The van der Waals surface area contributed by atoms with Gasteiger partial charge in [-0.3, -0.25) is 14.6 Å². The summed E-state index contributed by atoms with van der Waals surface area (Å²) in [5.74, 6) is 0.903. The van der Waals surface area contributed by atoms with Crippen molar-refractivity contribution < 1.29 is 4.79 Å². The summed E-state index contributed by atoms with van der Waals surface area (Å²) in [5.41, 5.74) is 5.97. The summed E-state index contributed by atoms with van der Waals surface area (Å²) in [5, 5.41) is 3.21. The van der Waals surface area contributed by atoms with Crippen molar-refractivity contribution in [2.75, 3.05) is 39.8 Å². The summed E-state index contributed by atoms with van der Waals surface area (Å²) in [6.07, 6.45) is 14.5. The van der Waals surface area contributed by atoms with Gasteiger partial charge in [0.25, 0.3) is 0 Å². The second kappa shape index (κ2) is 7.79. The molecule has 3 rings (SSSR count). The Balaban J connectivity index is 1.72. The maximum atomic E-state index is 13.1. The first-order chi connectivity index (χ1) is 11.6. The van der Waals surface area contributed by atoms with Gasteiger partial charge in [-0.1, -0.05) is 30.4 Å². The Hall–Kier alpha value is -1.89. The molecular formula is C18H27N5O. The lowest BCUT2D eigenvalue weighted by atomic mass is 10.1. The van der Waals surface area contributed by atoms with Crippen molar-refractivity contribution in [2.45, 2.75) is 18.6 Å². The van der Waals surface area contributed by atoms with Gasteiger partial charge in [0, 0.05) is 26.2 Å². The van der Waals surface area contributed by atoms with Gasteiger partial charge in [0.05, 0.1) is 18.8 Å². The molecule has 3 aliphatic rings. The number of rotatable bonds is 4. The molecule has 0 bridgehead atoms. The van der Waals surface area contributed by atoms with Crippen molar-refractivity contribution in [3.05, 3.63) is 48.4 Å². The Labute approximate surface area is 143 Å². The first-order valence-corrected chi connectivity index (χ1v) is 8.60. The molecule has 0 aromatic heterocycles. The van der Waals surface area contributed by atoms with Crippen molar-refractivity contribution >= 4 is 5.91 Å². The molecule has 6 nitrogen and oxygen atoms in total. The number of amides is 1. The molecule has 24 heavy (non-hydrogen) atoms. The number of nitrogens with zero attached hydrogens (tertiary/aromatic N) is 3. The van der Waals surface area contributed by atoms with Crippen LogP contribution < -0.4 is 11.1 Å². The second-order valence-corrected chi connectivity index (χ2v) is 6.57. The van der Waals surface area contributed by atoms with Crippen molar-refractivity contribution in [2.24, 2.45) is 5.73 Å². The Morgan fingerprint density at radius 3 is 2.71 bits per heavy atom. The van der Waals surface area contributed by atoms with E-state index in [0.29, 0.717) is 6.54 Å². The molecule has 1 amide bonds. The molecule has 2 heterocycles. The van der Waals surface area contributed by atoms with Crippen molar-refractivity contribution in [3.63, 3.8) is 0 Å². The van der Waals surface area contributed by atoms with Crippen LogP contribution in [0.25, 0.3) is 0 Å². The zero-order chi connectivity index (χ0) is 16.9. The smallest absolute Gasteiger partial charge is 0.242 e. The molecule has 6 heteroatoms. The molecule has 0 spiro atoms. The van der Waals surface area contributed by atoms with E-state index in [4.69, 9.17) is 5.73 Å². The maximum Gasteiger partial charge on any atom is 0.242 e. The van der Waals surface area contributed by atoms with Gasteiger partial charge < -0.3 is 16.0 Å². The molecule has 130 valence electrons. The molecule has 0 saturated carbocycles. The van der Waals surface area contributed by atoms with Crippen LogP contribution in [0.1, 0.15) is 6.42 Å². The van der Waals surface area contributed by atoms with E-state index in [2.05, 4.69) is 34.3 Å². The highest BCUT2D eigenvalue weighted by Crippen LogP contribution is 2.19. The summed E-state index contributed by atoms with van der Waals surface area (Å²) in [6.45, 7) is 4.33. The van der Waals surface area contributed by atoms with E-state index in [0.717, 1.165) is 38.4 Å². The Bertz CT molecular complexity index is 572. The summed E-state index contributed by atoms with van der Waals surface area (Å²) >= 11 is 0. The van der Waals surface area contributed by atoms with Crippen LogP contribution in [-0.4, -0.2) is 72.6 Å². The highest BCUT2D eigenvalue weighted by atomic mass is 16.2. The van der Waals surface area contributed by atoms with Crippen LogP contribution >= 0.6 is 0 Å². The largest absolute Gasteiger partial charge is 0.353 e. The van der Waals surface area contributed by atoms with Gasteiger partial charge in [-0.25, -0.2) is 0 Å². The number of hydrogen-bond donors (Lipinski definition) is 2. The fourth-order valence-electron chi connectivity index (χ4n) is 3.21. The summed E-state index contributed by atoms with van der Waals surface area (Å²) in [6, 6.07) is 0.0346. The van der Waals surface area contributed by atoms with Crippen LogP contribution in [0.4, 0.5) is 0 Å². The van der Waals surface area contributed by atoms with Crippen LogP contribution in [0.3, 0.4) is 0 Å². The topological polar surface area (TPSA) is 64.8 Å². The molecule has 0 aromatic carbocycles. The third kappa shape index (κ3) is 4.14. The first kappa shape index (κ1) is 17.0. The predicted octanol–water partition coefficient (Wildman–Crippen LogP) is 0.233. The third-order valence-corrected chi connectivity index (χ3v) is 4.66.